The van der Waals surface area contributed by atoms with E-state index >= 15 is 0 Å². The minimum Gasteiger partial charge on any atom is -0.493 e. The lowest BCUT2D eigenvalue weighted by atomic mass is 10.1. The Kier molecular flexibility index (Phi) is 5.99. The van der Waals surface area contributed by atoms with Crippen LogP contribution in [0.1, 0.15) is 47.9 Å². The number of aryl methyl sites for hydroxylation is 1. The molecular weight excluding hydrogens is 338 g/mol. The molecule has 1 saturated heterocycles. The molecule has 2 heterocycles. The lowest BCUT2D eigenvalue weighted by molar-refractivity contribution is -0.116. The fraction of sp³-hybridized carbons (Fsp3) is 0.500. The molecule has 25 heavy (non-hydrogen) atoms. The first-order chi connectivity index (χ1) is 12.1. The van der Waals surface area contributed by atoms with Gasteiger partial charge < -0.3 is 14.8 Å². The molecule has 0 aliphatic carbocycles. The average Bonchev–Trinajstić information content (AvgIpc) is 3.26. The summed E-state index contributed by atoms with van der Waals surface area (Å²) < 4.78 is 11.3. The molecule has 1 aromatic heterocycles. The fourth-order valence-electron chi connectivity index (χ4n) is 2.66. The molecule has 0 unspecified atom stereocenters. The van der Waals surface area contributed by atoms with Gasteiger partial charge in [0.15, 0.2) is 0 Å². The highest BCUT2D eigenvalue weighted by atomic mass is 32.1. The quantitative estimate of drug-likeness (QED) is 0.759. The second-order valence-corrected chi connectivity index (χ2v) is 7.15. The van der Waals surface area contributed by atoms with Gasteiger partial charge in [-0.1, -0.05) is 23.5 Å². The van der Waals surface area contributed by atoms with Crippen molar-refractivity contribution in [1.82, 2.24) is 10.2 Å². The molecular formula is C18H23N3O3S. The van der Waals surface area contributed by atoms with Crippen LogP contribution in [0.5, 0.6) is 5.75 Å². The van der Waals surface area contributed by atoms with Crippen LogP contribution < -0.4 is 10.1 Å². The Bertz CT molecular complexity index is 726. The summed E-state index contributed by atoms with van der Waals surface area (Å²) in [7, 11) is 0. The van der Waals surface area contributed by atoms with Crippen LogP contribution in [-0.4, -0.2) is 29.3 Å². The van der Waals surface area contributed by atoms with Crippen molar-refractivity contribution in [3.05, 3.63) is 34.3 Å². The molecule has 2 aromatic rings. The maximum atomic E-state index is 12.0. The van der Waals surface area contributed by atoms with E-state index in [0.29, 0.717) is 24.6 Å². The summed E-state index contributed by atoms with van der Waals surface area (Å²) in [6, 6.07) is 5.99. The van der Waals surface area contributed by atoms with E-state index in [-0.39, 0.29) is 12.0 Å². The number of benzene rings is 1. The molecule has 3 rings (SSSR count). The highest BCUT2D eigenvalue weighted by Crippen LogP contribution is 2.31. The first-order valence-electron chi connectivity index (χ1n) is 8.57. The summed E-state index contributed by atoms with van der Waals surface area (Å²) in [5.41, 5.74) is 2.34. The number of hydrogen-bond acceptors (Lipinski definition) is 6. The van der Waals surface area contributed by atoms with Gasteiger partial charge >= 0.3 is 0 Å². The van der Waals surface area contributed by atoms with Gasteiger partial charge in [0.25, 0.3) is 0 Å². The Morgan fingerprint density at radius 1 is 1.40 bits per heavy atom. The van der Waals surface area contributed by atoms with Crippen molar-refractivity contribution >= 4 is 22.4 Å². The lowest BCUT2D eigenvalue weighted by Crippen LogP contribution is -2.12. The predicted molar refractivity (Wildman–Crippen MR) is 97.1 cm³/mol. The molecule has 134 valence electrons. The van der Waals surface area contributed by atoms with Crippen LogP contribution in [0.3, 0.4) is 0 Å². The first-order valence-corrected chi connectivity index (χ1v) is 9.39. The van der Waals surface area contributed by atoms with Crippen LogP contribution in [0.2, 0.25) is 0 Å². The topological polar surface area (TPSA) is 73.3 Å². The molecule has 0 saturated carbocycles. The normalized spacial score (nSPS) is 16.8. The summed E-state index contributed by atoms with van der Waals surface area (Å²) >= 11 is 1.39. The number of carbonyl (C=O) groups is 1. The average molecular weight is 361 g/mol. The number of ether oxygens (including phenoxy) is 2. The Labute approximate surface area is 151 Å². The maximum Gasteiger partial charge on any atom is 0.226 e. The highest BCUT2D eigenvalue weighted by Gasteiger charge is 2.22. The molecule has 0 bridgehead atoms. The third-order valence-electron chi connectivity index (χ3n) is 4.25. The van der Waals surface area contributed by atoms with Gasteiger partial charge in [-0.25, -0.2) is 0 Å². The molecule has 0 spiro atoms. The van der Waals surface area contributed by atoms with Gasteiger partial charge in [-0.2, -0.15) is 0 Å². The maximum absolute atomic E-state index is 12.0. The van der Waals surface area contributed by atoms with Crippen molar-refractivity contribution in [1.29, 1.82) is 0 Å². The number of amides is 1. The molecule has 1 atom stereocenters. The third kappa shape index (κ3) is 4.76. The molecule has 6 nitrogen and oxygen atoms in total. The zero-order valence-corrected chi connectivity index (χ0v) is 15.4. The molecule has 1 N–H and O–H groups in total. The van der Waals surface area contributed by atoms with Crippen molar-refractivity contribution in [2.24, 2.45) is 0 Å². The van der Waals surface area contributed by atoms with E-state index < -0.39 is 0 Å². The van der Waals surface area contributed by atoms with Crippen LogP contribution in [0.15, 0.2) is 18.2 Å². The Morgan fingerprint density at radius 3 is 3.08 bits per heavy atom. The molecule has 1 amide bonds. The SMILES string of the molecule is Cc1cccc(OCCCC(=O)Nc2nnc([C@@H]3CCCO3)s2)c1C. The first kappa shape index (κ1) is 17.8. The number of rotatable bonds is 7. The van der Waals surface area contributed by atoms with Gasteiger partial charge in [0.2, 0.25) is 11.0 Å². The van der Waals surface area contributed by atoms with Gasteiger partial charge in [0.1, 0.15) is 16.9 Å². The highest BCUT2D eigenvalue weighted by molar-refractivity contribution is 7.15. The van der Waals surface area contributed by atoms with Gasteiger partial charge in [-0.3, -0.25) is 4.79 Å². The third-order valence-corrected chi connectivity index (χ3v) is 5.18. The van der Waals surface area contributed by atoms with E-state index in [0.717, 1.165) is 35.8 Å². The van der Waals surface area contributed by atoms with E-state index in [1.165, 1.54) is 16.9 Å². The van der Waals surface area contributed by atoms with Crippen molar-refractivity contribution in [2.45, 2.75) is 45.6 Å². The minimum absolute atomic E-state index is 0.0362. The summed E-state index contributed by atoms with van der Waals surface area (Å²) in [6.07, 6.45) is 3.09. The summed E-state index contributed by atoms with van der Waals surface area (Å²) in [5.74, 6) is 0.811. The van der Waals surface area contributed by atoms with Crippen molar-refractivity contribution in [2.75, 3.05) is 18.5 Å². The predicted octanol–water partition coefficient (Wildman–Crippen LogP) is 3.80. The monoisotopic (exact) mass is 361 g/mol. The number of aromatic nitrogens is 2. The number of hydrogen-bond donors (Lipinski definition) is 1. The molecule has 1 aliphatic rings. The van der Waals surface area contributed by atoms with E-state index in [1.54, 1.807) is 0 Å². The van der Waals surface area contributed by atoms with Crippen LogP contribution in [-0.2, 0) is 9.53 Å². The number of carbonyl (C=O) groups excluding carboxylic acids is 1. The fourth-order valence-corrected chi connectivity index (χ4v) is 3.51. The van der Waals surface area contributed by atoms with E-state index in [9.17, 15) is 4.79 Å². The number of anilines is 1. The largest absolute Gasteiger partial charge is 0.493 e. The van der Waals surface area contributed by atoms with E-state index in [4.69, 9.17) is 9.47 Å². The molecule has 1 fully saturated rings. The van der Waals surface area contributed by atoms with Crippen molar-refractivity contribution in [3.63, 3.8) is 0 Å². The molecule has 0 radical (unpaired) electrons. The van der Waals surface area contributed by atoms with Crippen molar-refractivity contribution in [3.8, 4) is 5.75 Å². The van der Waals surface area contributed by atoms with Crippen LogP contribution >= 0.6 is 11.3 Å². The standard InChI is InChI=1S/C18H23N3O3S/c1-12-6-3-7-14(13(12)2)23-11-5-9-16(22)19-18-21-20-17(25-18)15-8-4-10-24-15/h3,6-7,15H,4-5,8-11H2,1-2H3,(H,19,21,22)/t15-/m0/s1. The van der Waals surface area contributed by atoms with Crippen LogP contribution in [0.25, 0.3) is 0 Å². The van der Waals surface area contributed by atoms with E-state index in [1.807, 2.05) is 19.1 Å². The zero-order valence-electron chi connectivity index (χ0n) is 14.6. The zero-order chi connectivity index (χ0) is 17.6. The summed E-state index contributed by atoms with van der Waals surface area (Å²) in [5, 5.41) is 12.3. The van der Waals surface area contributed by atoms with Crippen molar-refractivity contribution < 1.29 is 14.3 Å². The Morgan fingerprint density at radius 2 is 2.28 bits per heavy atom. The second-order valence-electron chi connectivity index (χ2n) is 6.15. The Balaban J connectivity index is 1.40. The van der Waals surface area contributed by atoms with Gasteiger partial charge in [0.05, 0.1) is 6.61 Å². The number of nitrogens with one attached hydrogen (secondary N) is 1. The smallest absolute Gasteiger partial charge is 0.226 e. The summed E-state index contributed by atoms with van der Waals surface area (Å²) in [4.78, 5) is 12.0. The van der Waals surface area contributed by atoms with Gasteiger partial charge in [-0.15, -0.1) is 10.2 Å². The van der Waals surface area contributed by atoms with Gasteiger partial charge in [0, 0.05) is 13.0 Å². The Hall–Kier alpha value is -1.99. The number of nitrogens with zero attached hydrogens (tertiary/aromatic N) is 2. The summed E-state index contributed by atoms with van der Waals surface area (Å²) in [6.45, 7) is 5.38. The van der Waals surface area contributed by atoms with Crippen LogP contribution in [0.4, 0.5) is 5.13 Å². The lowest BCUT2D eigenvalue weighted by Gasteiger charge is -2.10. The molecule has 7 heteroatoms. The van der Waals surface area contributed by atoms with E-state index in [2.05, 4.69) is 28.5 Å². The second kappa shape index (κ2) is 8.40. The minimum atomic E-state index is -0.0698. The van der Waals surface area contributed by atoms with Gasteiger partial charge in [-0.05, 0) is 50.3 Å². The molecule has 1 aromatic carbocycles. The van der Waals surface area contributed by atoms with Crippen LogP contribution in [0, 0.1) is 13.8 Å². The molecule has 1 aliphatic heterocycles.